The van der Waals surface area contributed by atoms with Gasteiger partial charge in [-0.05, 0) is 33.6 Å². The number of aliphatic hydroxyl groups is 1. The summed E-state index contributed by atoms with van der Waals surface area (Å²) in [5, 5.41) is 12.8. The molecule has 1 aliphatic rings. The van der Waals surface area contributed by atoms with Gasteiger partial charge in [0.25, 0.3) is 0 Å². The number of aromatic nitrogens is 1. The maximum Gasteiger partial charge on any atom is 0.410 e. The second-order valence-corrected chi connectivity index (χ2v) is 6.62. The summed E-state index contributed by atoms with van der Waals surface area (Å²) in [6, 6.07) is -0.235. The smallest absolute Gasteiger partial charge is 0.410 e. The molecule has 5 nitrogen and oxygen atoms in total. The van der Waals surface area contributed by atoms with Crippen molar-refractivity contribution in [3.05, 3.63) is 16.6 Å². The number of hydrogen-bond acceptors (Lipinski definition) is 5. The standard InChI is InChI=1S/C13H20N2O3S/c1-13(2,3)18-12(17)15-7-4-5-9(15)10(16)11-14-6-8-19-11/h6,8-10,16H,4-5,7H2,1-3H3/t9-,10?/m0/s1. The number of thiazole rings is 1. The molecule has 0 bridgehead atoms. The van der Waals surface area contributed by atoms with Crippen LogP contribution in [0.2, 0.25) is 0 Å². The molecule has 0 aliphatic carbocycles. The highest BCUT2D eigenvalue weighted by molar-refractivity contribution is 7.09. The van der Waals surface area contributed by atoms with Gasteiger partial charge in [0.1, 0.15) is 16.7 Å². The normalized spacial score (nSPS) is 21.5. The molecule has 0 spiro atoms. The van der Waals surface area contributed by atoms with Crippen LogP contribution >= 0.6 is 11.3 Å². The predicted octanol–water partition coefficient (Wildman–Crippen LogP) is 2.58. The fourth-order valence-electron chi connectivity index (χ4n) is 2.21. The molecule has 19 heavy (non-hydrogen) atoms. The molecule has 6 heteroatoms. The van der Waals surface area contributed by atoms with Crippen LogP contribution in [-0.4, -0.2) is 39.3 Å². The van der Waals surface area contributed by atoms with E-state index in [2.05, 4.69) is 4.98 Å². The lowest BCUT2D eigenvalue weighted by molar-refractivity contribution is 0.00487. The zero-order valence-corrected chi connectivity index (χ0v) is 12.3. The number of ether oxygens (including phenoxy) is 1. The van der Waals surface area contributed by atoms with Crippen molar-refractivity contribution in [2.45, 2.75) is 51.4 Å². The van der Waals surface area contributed by atoms with Crippen LogP contribution in [0.3, 0.4) is 0 Å². The first-order chi connectivity index (χ1) is 8.88. The second-order valence-electron chi connectivity index (χ2n) is 5.70. The second kappa shape index (κ2) is 5.46. The van der Waals surface area contributed by atoms with Gasteiger partial charge in [-0.25, -0.2) is 9.78 Å². The Morgan fingerprint density at radius 2 is 2.37 bits per heavy atom. The fraction of sp³-hybridized carbons (Fsp3) is 0.692. The fourth-order valence-corrected chi connectivity index (χ4v) is 2.89. The summed E-state index contributed by atoms with van der Waals surface area (Å²) >= 11 is 1.40. The lowest BCUT2D eigenvalue weighted by Gasteiger charge is -2.30. The van der Waals surface area contributed by atoms with Gasteiger partial charge < -0.3 is 14.7 Å². The summed E-state index contributed by atoms with van der Waals surface area (Å²) in [6.45, 7) is 6.15. The SMILES string of the molecule is CC(C)(C)OC(=O)N1CCC[C@H]1C(O)c1nccs1. The Kier molecular flexibility index (Phi) is 4.10. The first kappa shape index (κ1) is 14.3. The van der Waals surface area contributed by atoms with Gasteiger partial charge in [-0.15, -0.1) is 11.3 Å². The van der Waals surface area contributed by atoms with E-state index in [0.29, 0.717) is 11.6 Å². The average molecular weight is 284 g/mol. The van der Waals surface area contributed by atoms with Gasteiger partial charge in [0.15, 0.2) is 0 Å². The van der Waals surface area contributed by atoms with Crippen molar-refractivity contribution in [2.24, 2.45) is 0 Å². The zero-order valence-electron chi connectivity index (χ0n) is 11.5. The maximum atomic E-state index is 12.1. The van der Waals surface area contributed by atoms with E-state index >= 15 is 0 Å². The van der Waals surface area contributed by atoms with Crippen molar-refractivity contribution in [2.75, 3.05) is 6.54 Å². The van der Waals surface area contributed by atoms with E-state index in [1.165, 1.54) is 11.3 Å². The van der Waals surface area contributed by atoms with Gasteiger partial charge in [0.2, 0.25) is 0 Å². The molecule has 0 saturated carbocycles. The van der Waals surface area contributed by atoms with Crippen LogP contribution in [0.4, 0.5) is 4.79 Å². The Labute approximate surface area is 117 Å². The van der Waals surface area contributed by atoms with E-state index in [-0.39, 0.29) is 12.1 Å². The topological polar surface area (TPSA) is 62.7 Å². The number of rotatable bonds is 2. The number of carbonyl (C=O) groups is 1. The predicted molar refractivity (Wildman–Crippen MR) is 73.0 cm³/mol. The molecule has 1 aliphatic heterocycles. The number of carbonyl (C=O) groups excluding carboxylic acids is 1. The molecule has 2 heterocycles. The molecule has 106 valence electrons. The molecule has 2 atom stereocenters. The van der Waals surface area contributed by atoms with Gasteiger partial charge in [0, 0.05) is 18.1 Å². The highest BCUT2D eigenvalue weighted by Gasteiger charge is 2.37. The number of aliphatic hydroxyl groups excluding tert-OH is 1. The van der Waals surface area contributed by atoms with Gasteiger partial charge in [0.05, 0.1) is 6.04 Å². The van der Waals surface area contributed by atoms with Crippen LogP contribution in [0.25, 0.3) is 0 Å². The van der Waals surface area contributed by atoms with Crippen molar-refractivity contribution < 1.29 is 14.6 Å². The molecule has 1 aromatic rings. The lowest BCUT2D eigenvalue weighted by Crippen LogP contribution is -2.42. The van der Waals surface area contributed by atoms with E-state index in [4.69, 9.17) is 4.74 Å². The van der Waals surface area contributed by atoms with Crippen molar-refractivity contribution in [1.29, 1.82) is 0 Å². The molecule has 1 fully saturated rings. The van der Waals surface area contributed by atoms with Gasteiger partial charge in [-0.2, -0.15) is 0 Å². The van der Waals surface area contributed by atoms with Gasteiger partial charge in [-0.3, -0.25) is 0 Å². The summed E-state index contributed by atoms with van der Waals surface area (Å²) in [5.41, 5.74) is -0.518. The Balaban J connectivity index is 2.06. The van der Waals surface area contributed by atoms with Crippen LogP contribution in [0, 0.1) is 0 Å². The van der Waals surface area contributed by atoms with Crippen molar-refractivity contribution >= 4 is 17.4 Å². The van der Waals surface area contributed by atoms with Gasteiger partial charge in [-0.1, -0.05) is 0 Å². The summed E-state index contributed by atoms with van der Waals surface area (Å²) < 4.78 is 5.38. The molecule has 1 saturated heterocycles. The third-order valence-corrected chi connectivity index (χ3v) is 3.84. The van der Waals surface area contributed by atoms with Crippen LogP contribution in [-0.2, 0) is 4.74 Å². The van der Waals surface area contributed by atoms with E-state index < -0.39 is 11.7 Å². The minimum absolute atomic E-state index is 0.235. The number of nitrogens with zero attached hydrogens (tertiary/aromatic N) is 2. The van der Waals surface area contributed by atoms with E-state index in [9.17, 15) is 9.90 Å². The zero-order chi connectivity index (χ0) is 14.0. The third kappa shape index (κ3) is 3.45. The summed E-state index contributed by atoms with van der Waals surface area (Å²) in [7, 11) is 0. The van der Waals surface area contributed by atoms with E-state index in [1.807, 2.05) is 26.2 Å². The maximum absolute atomic E-state index is 12.1. The summed E-state index contributed by atoms with van der Waals surface area (Å²) in [4.78, 5) is 17.9. The lowest BCUT2D eigenvalue weighted by atomic mass is 10.1. The van der Waals surface area contributed by atoms with Crippen molar-refractivity contribution in [3.63, 3.8) is 0 Å². The molecular formula is C13H20N2O3S. The number of amides is 1. The molecule has 0 aromatic carbocycles. The van der Waals surface area contributed by atoms with Crippen LogP contribution in [0.5, 0.6) is 0 Å². The summed E-state index contributed by atoms with van der Waals surface area (Å²) in [5.74, 6) is 0. The van der Waals surface area contributed by atoms with Crippen LogP contribution < -0.4 is 0 Å². The monoisotopic (exact) mass is 284 g/mol. The van der Waals surface area contributed by atoms with Crippen molar-refractivity contribution in [1.82, 2.24) is 9.88 Å². The molecule has 1 aromatic heterocycles. The van der Waals surface area contributed by atoms with Gasteiger partial charge >= 0.3 is 6.09 Å². The first-order valence-electron chi connectivity index (χ1n) is 6.45. The minimum atomic E-state index is -0.727. The first-order valence-corrected chi connectivity index (χ1v) is 7.33. The highest BCUT2D eigenvalue weighted by Crippen LogP contribution is 2.31. The van der Waals surface area contributed by atoms with Crippen LogP contribution in [0.15, 0.2) is 11.6 Å². The van der Waals surface area contributed by atoms with E-state index in [1.54, 1.807) is 11.1 Å². The molecule has 1 N–H and O–H groups in total. The molecule has 1 amide bonds. The molecular weight excluding hydrogens is 264 g/mol. The number of likely N-dealkylation sites (tertiary alicyclic amines) is 1. The highest BCUT2D eigenvalue weighted by atomic mass is 32.1. The average Bonchev–Trinajstić information content (AvgIpc) is 2.97. The number of hydrogen-bond donors (Lipinski definition) is 1. The molecule has 2 rings (SSSR count). The minimum Gasteiger partial charge on any atom is -0.444 e. The summed E-state index contributed by atoms with van der Waals surface area (Å²) in [6.07, 6.45) is 2.24. The molecule has 1 unspecified atom stereocenters. The third-order valence-electron chi connectivity index (χ3n) is 3.00. The largest absolute Gasteiger partial charge is 0.444 e. The quantitative estimate of drug-likeness (QED) is 0.906. The Hall–Kier alpha value is -1.14. The Morgan fingerprint density at radius 1 is 1.63 bits per heavy atom. The Morgan fingerprint density at radius 3 is 2.95 bits per heavy atom. The Bertz CT molecular complexity index is 428. The van der Waals surface area contributed by atoms with Crippen molar-refractivity contribution in [3.8, 4) is 0 Å². The van der Waals surface area contributed by atoms with E-state index in [0.717, 1.165) is 12.8 Å². The molecule has 0 radical (unpaired) electrons. The van der Waals surface area contributed by atoms with Crippen LogP contribution in [0.1, 0.15) is 44.7 Å².